The maximum Gasteiger partial charge on any atom is 0.244 e. The Morgan fingerprint density at radius 3 is 2.35 bits per heavy atom. The van der Waals surface area contributed by atoms with E-state index >= 15 is 0 Å². The highest BCUT2D eigenvalue weighted by Crippen LogP contribution is 2.17. The number of rotatable bonds is 4. The molecular formula is C17H20N4O2. The van der Waals surface area contributed by atoms with E-state index in [1.54, 1.807) is 24.0 Å². The molecule has 0 unspecified atom stereocenters. The van der Waals surface area contributed by atoms with Gasteiger partial charge in [0.1, 0.15) is 6.54 Å². The van der Waals surface area contributed by atoms with Gasteiger partial charge in [-0.15, -0.1) is 0 Å². The SMILES string of the molecule is CC(=O)c1ccc(N2CCN(C(=O)Cn3cccn3)CC2)cc1. The Hall–Kier alpha value is -2.63. The summed E-state index contributed by atoms with van der Waals surface area (Å²) in [5.74, 6) is 0.172. The summed E-state index contributed by atoms with van der Waals surface area (Å²) in [5.41, 5.74) is 1.82. The van der Waals surface area contributed by atoms with Crippen LogP contribution in [0.3, 0.4) is 0 Å². The van der Waals surface area contributed by atoms with Gasteiger partial charge in [-0.25, -0.2) is 0 Å². The summed E-state index contributed by atoms with van der Waals surface area (Å²) in [7, 11) is 0. The van der Waals surface area contributed by atoms with Crippen LogP contribution >= 0.6 is 0 Å². The van der Waals surface area contributed by atoms with Gasteiger partial charge in [0.2, 0.25) is 5.91 Å². The molecule has 0 spiro atoms. The Morgan fingerprint density at radius 2 is 1.78 bits per heavy atom. The third-order valence-corrected chi connectivity index (χ3v) is 4.13. The highest BCUT2D eigenvalue weighted by molar-refractivity contribution is 5.94. The van der Waals surface area contributed by atoms with E-state index in [0.29, 0.717) is 19.6 Å². The van der Waals surface area contributed by atoms with E-state index in [1.807, 2.05) is 35.2 Å². The number of benzene rings is 1. The molecular weight excluding hydrogens is 292 g/mol. The number of hydrogen-bond donors (Lipinski definition) is 0. The lowest BCUT2D eigenvalue weighted by Crippen LogP contribution is -2.49. The average molecular weight is 312 g/mol. The molecule has 1 aliphatic rings. The molecule has 2 heterocycles. The lowest BCUT2D eigenvalue weighted by Gasteiger charge is -2.36. The predicted octanol–water partition coefficient (Wildman–Crippen LogP) is 1.43. The molecule has 1 aliphatic heterocycles. The molecule has 0 saturated carbocycles. The monoisotopic (exact) mass is 312 g/mol. The lowest BCUT2D eigenvalue weighted by molar-refractivity contribution is -0.132. The Bertz CT molecular complexity index is 671. The zero-order valence-corrected chi connectivity index (χ0v) is 13.2. The number of carbonyl (C=O) groups is 2. The number of Topliss-reactive ketones (excluding diaryl/α,β-unsaturated/α-hetero) is 1. The van der Waals surface area contributed by atoms with Crippen molar-refractivity contribution >= 4 is 17.4 Å². The topological polar surface area (TPSA) is 58.4 Å². The summed E-state index contributed by atoms with van der Waals surface area (Å²) >= 11 is 0. The minimum Gasteiger partial charge on any atom is -0.368 e. The quantitative estimate of drug-likeness (QED) is 0.802. The first kappa shape index (κ1) is 15.3. The molecule has 1 amide bonds. The molecule has 1 fully saturated rings. The van der Waals surface area contributed by atoms with E-state index in [2.05, 4.69) is 10.00 Å². The van der Waals surface area contributed by atoms with Gasteiger partial charge in [-0.2, -0.15) is 5.10 Å². The van der Waals surface area contributed by atoms with Gasteiger partial charge in [0, 0.05) is 49.8 Å². The number of hydrogen-bond acceptors (Lipinski definition) is 4. The Morgan fingerprint density at radius 1 is 1.09 bits per heavy atom. The van der Waals surface area contributed by atoms with Gasteiger partial charge < -0.3 is 9.80 Å². The number of amides is 1. The molecule has 3 rings (SSSR count). The summed E-state index contributed by atoms with van der Waals surface area (Å²) in [4.78, 5) is 27.7. The second-order valence-corrected chi connectivity index (χ2v) is 5.67. The van der Waals surface area contributed by atoms with Crippen LogP contribution in [-0.4, -0.2) is 52.5 Å². The van der Waals surface area contributed by atoms with Crippen molar-refractivity contribution < 1.29 is 9.59 Å². The van der Waals surface area contributed by atoms with Crippen LogP contribution in [0, 0.1) is 0 Å². The Kier molecular flexibility index (Phi) is 4.41. The van der Waals surface area contributed by atoms with Gasteiger partial charge in [-0.3, -0.25) is 14.3 Å². The molecule has 0 aliphatic carbocycles. The smallest absolute Gasteiger partial charge is 0.244 e. The largest absolute Gasteiger partial charge is 0.368 e. The van der Waals surface area contributed by atoms with Crippen LogP contribution < -0.4 is 4.90 Å². The lowest BCUT2D eigenvalue weighted by atomic mass is 10.1. The minimum absolute atomic E-state index is 0.0746. The zero-order valence-electron chi connectivity index (χ0n) is 13.2. The van der Waals surface area contributed by atoms with Crippen LogP contribution in [0.15, 0.2) is 42.7 Å². The second-order valence-electron chi connectivity index (χ2n) is 5.67. The van der Waals surface area contributed by atoms with Crippen molar-refractivity contribution in [2.75, 3.05) is 31.1 Å². The van der Waals surface area contributed by atoms with Gasteiger partial charge in [-0.05, 0) is 37.3 Å². The molecule has 2 aromatic rings. The standard InChI is InChI=1S/C17H20N4O2/c1-14(22)15-3-5-16(6-4-15)19-9-11-20(12-10-19)17(23)13-21-8-2-7-18-21/h2-8H,9-13H2,1H3. The van der Waals surface area contributed by atoms with Crippen molar-refractivity contribution in [2.24, 2.45) is 0 Å². The Balaban J connectivity index is 1.55. The normalized spacial score (nSPS) is 14.8. The number of piperazine rings is 1. The van der Waals surface area contributed by atoms with Gasteiger partial charge >= 0.3 is 0 Å². The highest BCUT2D eigenvalue weighted by atomic mass is 16.2. The summed E-state index contributed by atoms with van der Waals surface area (Å²) in [6, 6.07) is 9.46. The molecule has 120 valence electrons. The number of aromatic nitrogens is 2. The molecule has 6 nitrogen and oxygen atoms in total. The van der Waals surface area contributed by atoms with Crippen molar-refractivity contribution in [3.8, 4) is 0 Å². The van der Waals surface area contributed by atoms with Crippen LogP contribution in [-0.2, 0) is 11.3 Å². The van der Waals surface area contributed by atoms with Gasteiger partial charge in [0.25, 0.3) is 0 Å². The zero-order chi connectivity index (χ0) is 16.2. The van der Waals surface area contributed by atoms with Crippen molar-refractivity contribution in [1.29, 1.82) is 0 Å². The van der Waals surface area contributed by atoms with E-state index in [9.17, 15) is 9.59 Å². The van der Waals surface area contributed by atoms with Crippen molar-refractivity contribution in [1.82, 2.24) is 14.7 Å². The first-order valence-electron chi connectivity index (χ1n) is 7.74. The van der Waals surface area contributed by atoms with E-state index in [-0.39, 0.29) is 11.7 Å². The van der Waals surface area contributed by atoms with Crippen LogP contribution in [0.5, 0.6) is 0 Å². The maximum absolute atomic E-state index is 12.2. The Labute approximate surface area is 135 Å². The third kappa shape index (κ3) is 3.59. The van der Waals surface area contributed by atoms with Crippen molar-refractivity contribution in [3.63, 3.8) is 0 Å². The maximum atomic E-state index is 12.2. The molecule has 23 heavy (non-hydrogen) atoms. The number of ketones is 1. The highest BCUT2D eigenvalue weighted by Gasteiger charge is 2.21. The first-order chi connectivity index (χ1) is 11.1. The van der Waals surface area contributed by atoms with Crippen LogP contribution in [0.25, 0.3) is 0 Å². The van der Waals surface area contributed by atoms with Crippen LogP contribution in [0.2, 0.25) is 0 Å². The molecule has 6 heteroatoms. The number of nitrogens with zero attached hydrogens (tertiary/aromatic N) is 4. The fraction of sp³-hybridized carbons (Fsp3) is 0.353. The molecule has 0 atom stereocenters. The fourth-order valence-electron chi connectivity index (χ4n) is 2.75. The summed E-state index contributed by atoms with van der Waals surface area (Å²) < 4.78 is 1.65. The minimum atomic E-state index is 0.0746. The van der Waals surface area contributed by atoms with Gasteiger partial charge in [0.05, 0.1) is 0 Å². The van der Waals surface area contributed by atoms with Gasteiger partial charge in [-0.1, -0.05) is 0 Å². The van der Waals surface area contributed by atoms with Crippen molar-refractivity contribution in [3.05, 3.63) is 48.3 Å². The first-order valence-corrected chi connectivity index (χ1v) is 7.74. The summed E-state index contributed by atoms with van der Waals surface area (Å²) in [6.07, 6.45) is 3.47. The van der Waals surface area contributed by atoms with Crippen molar-refractivity contribution in [2.45, 2.75) is 13.5 Å². The number of carbonyl (C=O) groups excluding carboxylic acids is 2. The van der Waals surface area contributed by atoms with Gasteiger partial charge in [0.15, 0.2) is 5.78 Å². The molecule has 0 radical (unpaired) electrons. The van der Waals surface area contributed by atoms with E-state index < -0.39 is 0 Å². The van der Waals surface area contributed by atoms with E-state index in [1.165, 1.54) is 0 Å². The van der Waals surface area contributed by atoms with E-state index in [0.717, 1.165) is 24.3 Å². The molecule has 1 saturated heterocycles. The molecule has 0 N–H and O–H groups in total. The predicted molar refractivity (Wildman–Crippen MR) is 87.5 cm³/mol. The van der Waals surface area contributed by atoms with Crippen LogP contribution in [0.4, 0.5) is 5.69 Å². The molecule has 1 aromatic heterocycles. The average Bonchev–Trinajstić information content (AvgIpc) is 3.08. The van der Waals surface area contributed by atoms with Crippen LogP contribution in [0.1, 0.15) is 17.3 Å². The summed E-state index contributed by atoms with van der Waals surface area (Å²) in [5, 5.41) is 4.07. The third-order valence-electron chi connectivity index (χ3n) is 4.13. The molecule has 1 aromatic carbocycles. The second kappa shape index (κ2) is 6.64. The van der Waals surface area contributed by atoms with E-state index in [4.69, 9.17) is 0 Å². The number of anilines is 1. The fourth-order valence-corrected chi connectivity index (χ4v) is 2.75. The summed E-state index contributed by atoms with van der Waals surface area (Å²) in [6.45, 7) is 4.86. The molecule has 0 bridgehead atoms.